The van der Waals surface area contributed by atoms with Crippen molar-refractivity contribution in [3.8, 4) is 11.3 Å². The Bertz CT molecular complexity index is 2360. The van der Waals surface area contributed by atoms with Gasteiger partial charge in [0.05, 0.1) is 46.2 Å². The Morgan fingerprint density at radius 2 is 1.82 bits per heavy atom. The molecule has 1 saturated carbocycles. The number of nitrogens with one attached hydrogen (secondary N) is 4. The number of pyridine rings is 1. The Morgan fingerprint density at radius 1 is 0.982 bits per heavy atom. The van der Waals surface area contributed by atoms with Crippen LogP contribution >= 0.6 is 11.6 Å². The van der Waals surface area contributed by atoms with Crippen molar-refractivity contribution in [1.82, 2.24) is 35.1 Å². The number of rotatable bonds is 11. The number of piperidine rings is 1. The van der Waals surface area contributed by atoms with E-state index in [4.69, 9.17) is 21.7 Å². The SMILES string of the molecule is CNc1cc(N2CCc3c(-c4ccc(N5CCN(CCc6ccc(NC7CCC(=O)NC7=O)c(Cl)c6)CC5)cn4)cccc32)nn2c(C(=O)N[C@@H]3C[C@@H]3F)cnc12. The molecule has 3 atom stereocenters. The lowest BCUT2D eigenvalue weighted by molar-refractivity contribution is -0.133. The highest BCUT2D eigenvalue weighted by Crippen LogP contribution is 2.40. The van der Waals surface area contributed by atoms with Crippen LogP contribution in [0.1, 0.15) is 40.9 Å². The molecule has 4 N–H and O–H groups in total. The molecule has 5 aromatic rings. The van der Waals surface area contributed by atoms with E-state index in [1.165, 1.54) is 16.3 Å². The van der Waals surface area contributed by atoms with Gasteiger partial charge in [0.1, 0.15) is 12.2 Å². The molecule has 2 saturated heterocycles. The molecule has 57 heavy (non-hydrogen) atoms. The van der Waals surface area contributed by atoms with Crippen LogP contribution in [0.3, 0.4) is 0 Å². The van der Waals surface area contributed by atoms with Crippen LogP contribution in [-0.2, 0) is 22.4 Å². The summed E-state index contributed by atoms with van der Waals surface area (Å²) in [5, 5.41) is 16.9. The highest BCUT2D eigenvalue weighted by atomic mass is 35.5. The number of hydrogen-bond donors (Lipinski definition) is 4. The van der Waals surface area contributed by atoms with E-state index in [1.54, 1.807) is 0 Å². The molecule has 0 spiro atoms. The number of carbonyl (C=O) groups is 3. The Kier molecular flexibility index (Phi) is 9.86. The van der Waals surface area contributed by atoms with Crippen molar-refractivity contribution < 1.29 is 18.8 Å². The quantitative estimate of drug-likeness (QED) is 0.139. The van der Waals surface area contributed by atoms with Gasteiger partial charge in [0.2, 0.25) is 11.8 Å². The summed E-state index contributed by atoms with van der Waals surface area (Å²) in [7, 11) is 1.81. The lowest BCUT2D eigenvalue weighted by Crippen LogP contribution is -2.47. The summed E-state index contributed by atoms with van der Waals surface area (Å²) in [6, 6.07) is 17.4. The molecular weight excluding hydrogens is 749 g/mol. The number of anilines is 5. The summed E-state index contributed by atoms with van der Waals surface area (Å²) in [6.07, 6.45) is 5.20. The van der Waals surface area contributed by atoms with Gasteiger partial charge in [-0.05, 0) is 60.7 Å². The van der Waals surface area contributed by atoms with Crippen LogP contribution in [0.4, 0.5) is 33.0 Å². The number of aromatic nitrogens is 4. The molecule has 14 nitrogen and oxygen atoms in total. The van der Waals surface area contributed by atoms with Crippen molar-refractivity contribution in [3.05, 3.63) is 88.8 Å². The summed E-state index contributed by atoms with van der Waals surface area (Å²) >= 11 is 6.58. The van der Waals surface area contributed by atoms with Crippen LogP contribution in [0.2, 0.25) is 5.02 Å². The lowest BCUT2D eigenvalue weighted by atomic mass is 10.0. The van der Waals surface area contributed by atoms with Gasteiger partial charge in [-0.25, -0.2) is 13.9 Å². The number of halogens is 2. The van der Waals surface area contributed by atoms with E-state index in [-0.39, 0.29) is 17.5 Å². The van der Waals surface area contributed by atoms with E-state index >= 15 is 0 Å². The Balaban J connectivity index is 0.823. The third-order valence-corrected chi connectivity index (χ3v) is 11.7. The smallest absolute Gasteiger partial charge is 0.271 e. The molecule has 1 unspecified atom stereocenters. The molecule has 3 amide bonds. The summed E-state index contributed by atoms with van der Waals surface area (Å²) in [6.45, 7) is 5.29. The summed E-state index contributed by atoms with van der Waals surface area (Å²) in [4.78, 5) is 53.0. The van der Waals surface area contributed by atoms with Gasteiger partial charge in [-0.1, -0.05) is 29.8 Å². The van der Waals surface area contributed by atoms with Gasteiger partial charge in [0, 0.05) is 76.5 Å². The first-order valence-corrected chi connectivity index (χ1v) is 19.8. The van der Waals surface area contributed by atoms with Crippen molar-refractivity contribution >= 4 is 63.5 Å². The lowest BCUT2D eigenvalue weighted by Gasteiger charge is -2.36. The Hall–Kier alpha value is -5.80. The fraction of sp³-hybridized carbons (Fsp3) is 0.366. The molecule has 4 aliphatic rings. The molecule has 1 aliphatic carbocycles. The van der Waals surface area contributed by atoms with Gasteiger partial charge in [-0.2, -0.15) is 0 Å². The van der Waals surface area contributed by atoms with E-state index in [1.807, 2.05) is 43.6 Å². The summed E-state index contributed by atoms with van der Waals surface area (Å²) < 4.78 is 15.1. The average Bonchev–Trinajstić information content (AvgIpc) is 3.54. The molecule has 0 radical (unpaired) electrons. The number of benzene rings is 2. The molecule has 6 heterocycles. The summed E-state index contributed by atoms with van der Waals surface area (Å²) in [5.74, 6) is -0.282. The number of nitrogens with zero attached hydrogens (tertiary/aromatic N) is 7. The van der Waals surface area contributed by atoms with Gasteiger partial charge in [0.15, 0.2) is 17.2 Å². The van der Waals surface area contributed by atoms with Crippen LogP contribution < -0.4 is 31.1 Å². The second kappa shape index (κ2) is 15.3. The molecule has 16 heteroatoms. The van der Waals surface area contributed by atoms with E-state index in [0.717, 1.165) is 79.4 Å². The number of carbonyl (C=O) groups excluding carboxylic acids is 3. The Labute approximate surface area is 333 Å². The molecule has 3 aliphatic heterocycles. The van der Waals surface area contributed by atoms with Crippen molar-refractivity contribution in [1.29, 1.82) is 0 Å². The van der Waals surface area contributed by atoms with Gasteiger partial charge in [0.25, 0.3) is 5.91 Å². The third kappa shape index (κ3) is 7.44. The third-order valence-electron chi connectivity index (χ3n) is 11.4. The monoisotopic (exact) mass is 791 g/mol. The van der Waals surface area contributed by atoms with Crippen molar-refractivity contribution in [2.75, 3.05) is 66.7 Å². The van der Waals surface area contributed by atoms with Crippen LogP contribution in [-0.4, -0.2) is 107 Å². The number of alkyl halides is 1. The van der Waals surface area contributed by atoms with Crippen molar-refractivity contribution in [2.24, 2.45) is 0 Å². The highest BCUT2D eigenvalue weighted by Gasteiger charge is 2.39. The highest BCUT2D eigenvalue weighted by molar-refractivity contribution is 6.33. The van der Waals surface area contributed by atoms with Crippen molar-refractivity contribution in [3.63, 3.8) is 0 Å². The largest absolute Gasteiger partial charge is 0.385 e. The molecule has 3 aromatic heterocycles. The first kappa shape index (κ1) is 36.8. The molecule has 0 bridgehead atoms. The maximum atomic E-state index is 13.5. The minimum Gasteiger partial charge on any atom is -0.385 e. The van der Waals surface area contributed by atoms with Gasteiger partial charge >= 0.3 is 0 Å². The maximum absolute atomic E-state index is 13.5. The number of fused-ring (bicyclic) bond motifs is 2. The number of hydrogen-bond acceptors (Lipinski definition) is 11. The predicted molar refractivity (Wildman–Crippen MR) is 217 cm³/mol. The van der Waals surface area contributed by atoms with Crippen LogP contribution in [0.15, 0.2) is 67.0 Å². The van der Waals surface area contributed by atoms with Gasteiger partial charge < -0.3 is 25.8 Å². The predicted octanol–water partition coefficient (Wildman–Crippen LogP) is 4.60. The fourth-order valence-corrected chi connectivity index (χ4v) is 8.25. The number of amides is 3. The molecule has 294 valence electrons. The fourth-order valence-electron chi connectivity index (χ4n) is 7.99. The zero-order chi connectivity index (χ0) is 39.2. The molecule has 3 fully saturated rings. The van der Waals surface area contributed by atoms with E-state index in [9.17, 15) is 18.8 Å². The van der Waals surface area contributed by atoms with Gasteiger partial charge in [-0.15, -0.1) is 5.10 Å². The number of imide groups is 1. The average molecular weight is 792 g/mol. The maximum Gasteiger partial charge on any atom is 0.271 e. The zero-order valence-corrected chi connectivity index (χ0v) is 32.2. The molecule has 2 aromatic carbocycles. The number of imidazole rings is 1. The van der Waals surface area contributed by atoms with Crippen LogP contribution in [0, 0.1) is 0 Å². The topological polar surface area (TPSA) is 152 Å². The second-order valence-electron chi connectivity index (χ2n) is 15.0. The summed E-state index contributed by atoms with van der Waals surface area (Å²) in [5.41, 5.74) is 8.64. The molecular formula is C41H43ClFN11O3. The zero-order valence-electron chi connectivity index (χ0n) is 31.5. The standard InChI is InChI=1S/C41H43ClFN11O3/c1-44-34-21-37(50-54-36(23-46-39(34)54)41(57)48-33-20-29(33)43)53-14-12-27-26(3-2-4-35(27)53)30-8-6-25(22-45-30)52-17-15-51(16-18-52)13-11-24-5-7-31(28(42)19-24)47-32-9-10-38(55)49-40(32)56/h2-8,19,21-23,29,32-33,44,47H,9-18,20H2,1H3,(H,48,57)(H,49,55,56)/t29-,32?,33+/m0/s1. The van der Waals surface area contributed by atoms with Crippen molar-refractivity contribution in [2.45, 2.75) is 50.4 Å². The van der Waals surface area contributed by atoms with Crippen LogP contribution in [0.25, 0.3) is 16.9 Å². The first-order chi connectivity index (χ1) is 27.7. The minimum atomic E-state index is -1.00. The normalized spacial score (nSPS) is 20.7. The molecule has 9 rings (SSSR count). The Morgan fingerprint density at radius 3 is 2.56 bits per heavy atom. The minimum absolute atomic E-state index is 0.242. The van der Waals surface area contributed by atoms with E-state index in [0.29, 0.717) is 48.0 Å². The second-order valence-corrected chi connectivity index (χ2v) is 15.4. The van der Waals surface area contributed by atoms with E-state index in [2.05, 4.69) is 65.2 Å². The number of piperazine rings is 1. The van der Waals surface area contributed by atoms with Gasteiger partial charge in [-0.3, -0.25) is 29.6 Å². The van der Waals surface area contributed by atoms with Crippen LogP contribution in [0.5, 0.6) is 0 Å². The first-order valence-electron chi connectivity index (χ1n) is 19.5. The van der Waals surface area contributed by atoms with E-state index < -0.39 is 24.2 Å².